The Balaban J connectivity index is 0.000000168. The number of likely N-dealkylation sites (tertiary alicyclic amines) is 2. The number of nitrogens with zero attached hydrogens (tertiary/aromatic N) is 8. The van der Waals surface area contributed by atoms with Crippen molar-refractivity contribution >= 4 is 45.6 Å². The molecule has 12 nitrogen and oxygen atoms in total. The molecule has 7 rings (SSSR count). The Kier molecular flexibility index (Phi) is 10.0. The molecule has 4 atom stereocenters. The minimum Gasteiger partial charge on any atom is -0.372 e. The van der Waals surface area contributed by atoms with E-state index in [0.29, 0.717) is 61.2 Å². The number of hydrogen-bond donors (Lipinski definition) is 4. The van der Waals surface area contributed by atoms with Gasteiger partial charge in [-0.1, -0.05) is 13.3 Å². The SMILES string of the molecule is CCN1CC(F)C(Nc2nc(NC)c3c(C)cc(C)nc3n2)C1.CNc1nc(NC2CN(C3CCC3)CC2F)nc2nc(C)cc(C)c12. The molecule has 2 aliphatic heterocycles. The second kappa shape index (κ2) is 14.2. The molecule has 4 unspecified atom stereocenters. The standard InChI is InChI=1S/C18H25FN6.C16H23FN6/c1-10-7-11(2)21-17-15(10)16(20-3)23-18(24-17)22-14-9-25(8-13(14)19)12-5-4-6-12;1-5-23-7-11(17)12(8-23)20-16-21-14(18-4)13-9(2)6-10(3)19-15(13)22-16/h7,12-14H,4-6,8-9H2,1-3H3,(H2,20,21,22,23,24);6,11-12H,5,7-8H2,1-4H3,(H2,18,19,20,21,22). The van der Waals surface area contributed by atoms with Gasteiger partial charge >= 0.3 is 0 Å². The fourth-order valence-electron chi connectivity index (χ4n) is 6.99. The molecule has 1 aliphatic carbocycles. The first-order valence-corrected chi connectivity index (χ1v) is 17.0. The zero-order chi connectivity index (χ0) is 34.1. The number of nitrogens with one attached hydrogen (secondary N) is 4. The third-order valence-electron chi connectivity index (χ3n) is 9.73. The summed E-state index contributed by atoms with van der Waals surface area (Å²) in [5.41, 5.74) is 5.25. The Morgan fingerprint density at radius 2 is 1.19 bits per heavy atom. The zero-order valence-corrected chi connectivity index (χ0v) is 29.0. The van der Waals surface area contributed by atoms with Crippen molar-refractivity contribution in [2.24, 2.45) is 0 Å². The average Bonchev–Trinajstić information content (AvgIpc) is 3.55. The van der Waals surface area contributed by atoms with Gasteiger partial charge in [-0.2, -0.15) is 19.9 Å². The van der Waals surface area contributed by atoms with Crippen molar-refractivity contribution in [2.45, 2.75) is 84.4 Å². The molecule has 4 aromatic rings. The summed E-state index contributed by atoms with van der Waals surface area (Å²) in [4.78, 5) is 31.5. The van der Waals surface area contributed by atoms with Crippen LogP contribution >= 0.6 is 0 Å². The van der Waals surface area contributed by atoms with Gasteiger partial charge < -0.3 is 21.3 Å². The lowest BCUT2D eigenvalue weighted by Crippen LogP contribution is -2.39. The monoisotopic (exact) mass is 662 g/mol. The Hall–Kier alpha value is -4.04. The largest absolute Gasteiger partial charge is 0.372 e. The summed E-state index contributed by atoms with van der Waals surface area (Å²) in [6, 6.07) is 4.02. The van der Waals surface area contributed by atoms with E-state index in [1.54, 1.807) is 0 Å². The third-order valence-corrected chi connectivity index (χ3v) is 9.73. The number of likely N-dealkylation sites (N-methyl/N-ethyl adjacent to an activating group) is 1. The van der Waals surface area contributed by atoms with Gasteiger partial charge in [0, 0.05) is 57.7 Å². The maximum atomic E-state index is 14.5. The van der Waals surface area contributed by atoms with Gasteiger partial charge in [-0.25, -0.2) is 18.7 Å². The van der Waals surface area contributed by atoms with Gasteiger partial charge in [0.15, 0.2) is 11.3 Å². The van der Waals surface area contributed by atoms with Crippen molar-refractivity contribution in [3.63, 3.8) is 0 Å². The van der Waals surface area contributed by atoms with E-state index < -0.39 is 12.3 Å². The lowest BCUT2D eigenvalue weighted by molar-refractivity contribution is 0.148. The van der Waals surface area contributed by atoms with Crippen molar-refractivity contribution in [3.8, 4) is 0 Å². The van der Waals surface area contributed by atoms with Crippen LogP contribution in [0, 0.1) is 27.7 Å². The summed E-state index contributed by atoms with van der Waals surface area (Å²) in [7, 11) is 3.65. The Labute approximate surface area is 281 Å². The van der Waals surface area contributed by atoms with Crippen LogP contribution in [-0.2, 0) is 0 Å². The van der Waals surface area contributed by atoms with E-state index in [9.17, 15) is 8.78 Å². The molecule has 0 aromatic carbocycles. The van der Waals surface area contributed by atoms with Gasteiger partial charge in [0.25, 0.3) is 0 Å². The third kappa shape index (κ3) is 7.05. The number of hydrogen-bond acceptors (Lipinski definition) is 12. The van der Waals surface area contributed by atoms with Gasteiger partial charge in [0.05, 0.1) is 22.9 Å². The Morgan fingerprint density at radius 1 is 0.688 bits per heavy atom. The first-order chi connectivity index (χ1) is 23.1. The zero-order valence-electron chi connectivity index (χ0n) is 29.0. The van der Waals surface area contributed by atoms with Crippen molar-refractivity contribution in [3.05, 3.63) is 34.6 Å². The predicted octanol–water partition coefficient (Wildman–Crippen LogP) is 4.81. The molecule has 2 saturated heterocycles. The van der Waals surface area contributed by atoms with Gasteiger partial charge in [-0.05, 0) is 70.3 Å². The predicted molar refractivity (Wildman–Crippen MR) is 189 cm³/mol. The van der Waals surface area contributed by atoms with Crippen LogP contribution in [0.5, 0.6) is 0 Å². The summed E-state index contributed by atoms with van der Waals surface area (Å²) < 4.78 is 28.6. The van der Waals surface area contributed by atoms with Crippen LogP contribution in [0.2, 0.25) is 0 Å². The average molecular weight is 663 g/mol. The number of aromatic nitrogens is 6. The fourth-order valence-corrected chi connectivity index (χ4v) is 6.99. The second-order valence-electron chi connectivity index (χ2n) is 13.3. The topological polar surface area (TPSA) is 132 Å². The molecule has 0 radical (unpaired) electrons. The molecule has 258 valence electrons. The second-order valence-corrected chi connectivity index (χ2v) is 13.3. The maximum Gasteiger partial charge on any atom is 0.227 e. The maximum absolute atomic E-state index is 14.5. The smallest absolute Gasteiger partial charge is 0.227 e. The highest BCUT2D eigenvalue weighted by Crippen LogP contribution is 2.31. The summed E-state index contributed by atoms with van der Waals surface area (Å²) in [5, 5.41) is 14.4. The molecule has 0 bridgehead atoms. The first-order valence-electron chi connectivity index (χ1n) is 17.0. The lowest BCUT2D eigenvalue weighted by Gasteiger charge is -2.34. The molecule has 0 amide bonds. The fraction of sp³-hybridized carbons (Fsp3) is 0.588. The minimum atomic E-state index is -0.917. The minimum absolute atomic E-state index is 0.270. The van der Waals surface area contributed by atoms with Crippen molar-refractivity contribution < 1.29 is 8.78 Å². The van der Waals surface area contributed by atoms with Crippen molar-refractivity contribution in [2.75, 3.05) is 68.1 Å². The van der Waals surface area contributed by atoms with Gasteiger partial charge in [-0.15, -0.1) is 0 Å². The number of fused-ring (bicyclic) bond motifs is 2. The van der Waals surface area contributed by atoms with Crippen LogP contribution in [0.15, 0.2) is 12.1 Å². The highest BCUT2D eigenvalue weighted by molar-refractivity contribution is 5.91. The van der Waals surface area contributed by atoms with Crippen LogP contribution < -0.4 is 21.3 Å². The number of alkyl halides is 2. The van der Waals surface area contributed by atoms with Crippen LogP contribution in [0.4, 0.5) is 32.3 Å². The van der Waals surface area contributed by atoms with E-state index in [1.165, 1.54) is 19.3 Å². The molecular formula is C34H48F2N12. The van der Waals surface area contributed by atoms with Crippen molar-refractivity contribution in [1.29, 1.82) is 0 Å². The van der Waals surface area contributed by atoms with Crippen LogP contribution in [-0.4, -0.2) is 117 Å². The molecule has 3 aliphatic rings. The van der Waals surface area contributed by atoms with Crippen LogP contribution in [0.3, 0.4) is 0 Å². The van der Waals surface area contributed by atoms with E-state index in [4.69, 9.17) is 0 Å². The molecule has 48 heavy (non-hydrogen) atoms. The summed E-state index contributed by atoms with van der Waals surface area (Å²) in [6.07, 6.45) is 1.83. The molecule has 3 fully saturated rings. The number of rotatable bonds is 8. The molecular weight excluding hydrogens is 614 g/mol. The number of pyridine rings is 2. The van der Waals surface area contributed by atoms with Crippen LogP contribution in [0.1, 0.15) is 48.7 Å². The molecule has 0 spiro atoms. The van der Waals surface area contributed by atoms with E-state index >= 15 is 0 Å². The van der Waals surface area contributed by atoms with E-state index in [0.717, 1.165) is 45.6 Å². The Bertz CT molecular complexity index is 1770. The summed E-state index contributed by atoms with van der Waals surface area (Å²) in [6.45, 7) is 13.1. The van der Waals surface area contributed by atoms with Gasteiger partial charge in [-0.3, -0.25) is 9.80 Å². The van der Waals surface area contributed by atoms with Gasteiger partial charge in [0.1, 0.15) is 24.0 Å². The highest BCUT2D eigenvalue weighted by Gasteiger charge is 2.38. The summed E-state index contributed by atoms with van der Waals surface area (Å²) >= 11 is 0. The van der Waals surface area contributed by atoms with E-state index in [-0.39, 0.29) is 12.1 Å². The van der Waals surface area contributed by atoms with Crippen LogP contribution in [0.25, 0.3) is 22.1 Å². The number of anilines is 4. The normalized spacial score (nSPS) is 23.2. The number of aryl methyl sites for hydroxylation is 4. The first kappa shape index (κ1) is 33.8. The number of halogens is 2. The molecule has 1 saturated carbocycles. The van der Waals surface area contributed by atoms with E-state index in [2.05, 4.69) is 61.0 Å². The highest BCUT2D eigenvalue weighted by atomic mass is 19.1. The Morgan fingerprint density at radius 3 is 1.62 bits per heavy atom. The van der Waals surface area contributed by atoms with Crippen molar-refractivity contribution in [1.82, 2.24) is 39.7 Å². The quantitative estimate of drug-likeness (QED) is 0.207. The summed E-state index contributed by atoms with van der Waals surface area (Å²) in [5.74, 6) is 2.30. The van der Waals surface area contributed by atoms with E-state index in [1.807, 2.05) is 60.8 Å². The molecule has 4 aromatic heterocycles. The molecule has 4 N–H and O–H groups in total. The lowest BCUT2D eigenvalue weighted by atomic mass is 9.92. The van der Waals surface area contributed by atoms with Gasteiger partial charge in [0.2, 0.25) is 11.9 Å². The molecule has 14 heteroatoms. The molecule has 6 heterocycles.